The van der Waals surface area contributed by atoms with E-state index in [9.17, 15) is 19.2 Å². The van der Waals surface area contributed by atoms with Crippen LogP contribution in [0.2, 0.25) is 0 Å². The highest BCUT2D eigenvalue weighted by Crippen LogP contribution is 2.28. The van der Waals surface area contributed by atoms with Crippen LogP contribution in [0.3, 0.4) is 0 Å². The smallest absolute Gasteiger partial charge is 0.322 e. The predicted molar refractivity (Wildman–Crippen MR) is 94.8 cm³/mol. The number of carbonyl (C=O) groups excluding carboxylic acids is 4. The second kappa shape index (κ2) is 8.32. The summed E-state index contributed by atoms with van der Waals surface area (Å²) in [6, 6.07) is 3.61. The molecule has 1 aromatic rings. The fraction of sp³-hybridized carbons (Fsp3) is 0.412. The number of hydrogen-bond donors (Lipinski definition) is 4. The van der Waals surface area contributed by atoms with Gasteiger partial charge < -0.3 is 20.7 Å². The summed E-state index contributed by atoms with van der Waals surface area (Å²) in [5.41, 5.74) is 0.841. The van der Waals surface area contributed by atoms with Crippen LogP contribution in [-0.4, -0.2) is 36.9 Å². The van der Waals surface area contributed by atoms with Gasteiger partial charge in [-0.3, -0.25) is 19.7 Å². The highest BCUT2D eigenvalue weighted by atomic mass is 16.5. The molecule has 4 N–H and O–H groups in total. The van der Waals surface area contributed by atoms with Gasteiger partial charge in [-0.15, -0.1) is 0 Å². The van der Waals surface area contributed by atoms with Crippen LogP contribution in [0.15, 0.2) is 18.2 Å². The second-order valence-corrected chi connectivity index (χ2v) is 6.16. The first-order valence-corrected chi connectivity index (χ1v) is 8.20. The zero-order chi connectivity index (χ0) is 19.3. The zero-order valence-corrected chi connectivity index (χ0v) is 14.8. The van der Waals surface area contributed by atoms with Crippen LogP contribution >= 0.6 is 0 Å². The predicted octanol–water partition coefficient (Wildman–Crippen LogP) is 1.22. The first kappa shape index (κ1) is 19.2. The number of imide groups is 1. The van der Waals surface area contributed by atoms with Crippen LogP contribution < -0.4 is 26.0 Å². The number of carbonyl (C=O) groups is 4. The van der Waals surface area contributed by atoms with Crippen molar-refractivity contribution in [2.24, 2.45) is 5.92 Å². The highest BCUT2D eigenvalue weighted by molar-refractivity contribution is 6.04. The Bertz CT molecular complexity index is 732. The van der Waals surface area contributed by atoms with Gasteiger partial charge in [-0.1, -0.05) is 13.8 Å². The van der Waals surface area contributed by atoms with E-state index in [1.54, 1.807) is 32.0 Å². The molecule has 140 valence electrons. The van der Waals surface area contributed by atoms with Crippen molar-refractivity contribution in [2.75, 3.05) is 17.7 Å². The van der Waals surface area contributed by atoms with E-state index in [1.807, 2.05) is 0 Å². The summed E-state index contributed by atoms with van der Waals surface area (Å²) in [5, 5.41) is 9.99. The molecule has 1 aliphatic rings. The van der Waals surface area contributed by atoms with Crippen molar-refractivity contribution in [1.29, 1.82) is 0 Å². The number of hydrogen-bond acceptors (Lipinski definition) is 5. The van der Waals surface area contributed by atoms with Crippen molar-refractivity contribution in [3.05, 3.63) is 18.2 Å². The number of ether oxygens (including phenoxy) is 1. The molecule has 1 unspecified atom stereocenters. The van der Waals surface area contributed by atoms with Crippen LogP contribution in [0.5, 0.6) is 5.75 Å². The van der Waals surface area contributed by atoms with E-state index in [0.717, 1.165) is 0 Å². The summed E-state index contributed by atoms with van der Waals surface area (Å²) in [7, 11) is 1.50. The maximum atomic E-state index is 12.2. The van der Waals surface area contributed by atoms with Crippen LogP contribution in [0.25, 0.3) is 0 Å². The molecular weight excluding hydrogens is 340 g/mol. The fourth-order valence-electron chi connectivity index (χ4n) is 2.29. The molecule has 0 aliphatic carbocycles. The third-order valence-electron chi connectivity index (χ3n) is 3.80. The topological polar surface area (TPSA) is 126 Å². The molecule has 9 heteroatoms. The van der Waals surface area contributed by atoms with Gasteiger partial charge in [-0.2, -0.15) is 0 Å². The van der Waals surface area contributed by atoms with Crippen molar-refractivity contribution in [3.63, 3.8) is 0 Å². The SMILES string of the molecule is COc1ccc(NC(=O)CCC2NC(=O)NC2=O)c(NC(=O)C(C)C)c1. The van der Waals surface area contributed by atoms with Crippen LogP contribution in [-0.2, 0) is 14.4 Å². The Morgan fingerprint density at radius 2 is 1.92 bits per heavy atom. The second-order valence-electron chi connectivity index (χ2n) is 6.16. The highest BCUT2D eigenvalue weighted by Gasteiger charge is 2.29. The molecule has 1 heterocycles. The maximum absolute atomic E-state index is 12.2. The summed E-state index contributed by atoms with van der Waals surface area (Å²) in [6.07, 6.45) is 0.204. The number of anilines is 2. The molecule has 9 nitrogen and oxygen atoms in total. The Kier molecular flexibility index (Phi) is 6.16. The molecule has 0 bridgehead atoms. The standard InChI is InChI=1S/C17H22N4O5/c1-9(2)15(23)19-13-8-10(26-3)4-5-11(13)18-14(22)7-6-12-16(24)21-17(25)20-12/h4-5,8-9,12H,6-7H2,1-3H3,(H,18,22)(H,19,23)(H2,20,21,24,25). The van der Waals surface area contributed by atoms with E-state index in [-0.39, 0.29) is 30.6 Å². The number of amides is 5. The molecule has 1 aliphatic heterocycles. The van der Waals surface area contributed by atoms with E-state index < -0.39 is 18.0 Å². The first-order chi connectivity index (χ1) is 12.3. The number of methoxy groups -OCH3 is 1. The molecule has 0 radical (unpaired) electrons. The van der Waals surface area contributed by atoms with Gasteiger partial charge >= 0.3 is 6.03 Å². The number of nitrogens with one attached hydrogen (secondary N) is 4. The Balaban J connectivity index is 2.02. The molecular formula is C17H22N4O5. The Morgan fingerprint density at radius 3 is 2.50 bits per heavy atom. The minimum absolute atomic E-state index is 0.0297. The van der Waals surface area contributed by atoms with E-state index in [1.165, 1.54) is 7.11 Å². The minimum atomic E-state index is -0.718. The molecule has 0 aromatic heterocycles. The summed E-state index contributed by atoms with van der Waals surface area (Å²) < 4.78 is 5.15. The Hall–Kier alpha value is -3.10. The average Bonchev–Trinajstić information content (AvgIpc) is 2.91. The third kappa shape index (κ3) is 4.95. The molecule has 1 aromatic carbocycles. The van der Waals surface area contributed by atoms with Crippen molar-refractivity contribution in [1.82, 2.24) is 10.6 Å². The Labute approximate surface area is 150 Å². The molecule has 1 fully saturated rings. The van der Waals surface area contributed by atoms with Gasteiger partial charge in [0.1, 0.15) is 11.8 Å². The molecule has 26 heavy (non-hydrogen) atoms. The summed E-state index contributed by atoms with van der Waals surface area (Å²) in [6.45, 7) is 3.52. The lowest BCUT2D eigenvalue weighted by atomic mass is 10.1. The van der Waals surface area contributed by atoms with E-state index in [4.69, 9.17) is 4.74 Å². The molecule has 0 spiro atoms. The van der Waals surface area contributed by atoms with Gasteiger partial charge in [-0.25, -0.2) is 4.79 Å². The van der Waals surface area contributed by atoms with Crippen molar-refractivity contribution in [2.45, 2.75) is 32.7 Å². The number of rotatable bonds is 7. The molecule has 0 saturated carbocycles. The summed E-state index contributed by atoms with van der Waals surface area (Å²) in [5.74, 6) is -0.679. The number of benzene rings is 1. The lowest BCUT2D eigenvalue weighted by Crippen LogP contribution is -2.30. The van der Waals surface area contributed by atoms with Gasteiger partial charge in [0.2, 0.25) is 11.8 Å². The van der Waals surface area contributed by atoms with Gasteiger partial charge in [0.25, 0.3) is 5.91 Å². The van der Waals surface area contributed by atoms with Crippen molar-refractivity contribution < 1.29 is 23.9 Å². The minimum Gasteiger partial charge on any atom is -0.497 e. The van der Waals surface area contributed by atoms with E-state index in [2.05, 4.69) is 21.3 Å². The number of urea groups is 1. The van der Waals surface area contributed by atoms with Crippen molar-refractivity contribution in [3.8, 4) is 5.75 Å². The quantitative estimate of drug-likeness (QED) is 0.543. The van der Waals surface area contributed by atoms with Gasteiger partial charge in [0, 0.05) is 18.4 Å². The lowest BCUT2D eigenvalue weighted by molar-refractivity contribution is -0.121. The Morgan fingerprint density at radius 1 is 1.19 bits per heavy atom. The average molecular weight is 362 g/mol. The zero-order valence-electron chi connectivity index (χ0n) is 14.8. The van der Waals surface area contributed by atoms with Crippen LogP contribution in [0, 0.1) is 5.92 Å². The maximum Gasteiger partial charge on any atom is 0.322 e. The van der Waals surface area contributed by atoms with Gasteiger partial charge in [0.15, 0.2) is 0 Å². The van der Waals surface area contributed by atoms with E-state index in [0.29, 0.717) is 17.1 Å². The normalized spacial score (nSPS) is 16.1. The molecule has 1 saturated heterocycles. The molecule has 5 amide bonds. The van der Waals surface area contributed by atoms with Gasteiger partial charge in [-0.05, 0) is 18.6 Å². The summed E-state index contributed by atoms with van der Waals surface area (Å²) >= 11 is 0. The summed E-state index contributed by atoms with van der Waals surface area (Å²) in [4.78, 5) is 46.7. The largest absolute Gasteiger partial charge is 0.497 e. The van der Waals surface area contributed by atoms with E-state index >= 15 is 0 Å². The molecule has 2 rings (SSSR count). The first-order valence-electron chi connectivity index (χ1n) is 8.20. The van der Waals surface area contributed by atoms with Crippen molar-refractivity contribution >= 4 is 35.1 Å². The fourth-order valence-corrected chi connectivity index (χ4v) is 2.29. The van der Waals surface area contributed by atoms with Crippen LogP contribution in [0.1, 0.15) is 26.7 Å². The monoisotopic (exact) mass is 362 g/mol. The van der Waals surface area contributed by atoms with Gasteiger partial charge in [0.05, 0.1) is 18.5 Å². The molecule has 1 atom stereocenters. The third-order valence-corrected chi connectivity index (χ3v) is 3.80. The lowest BCUT2D eigenvalue weighted by Gasteiger charge is -2.15. The van der Waals surface area contributed by atoms with Crippen LogP contribution in [0.4, 0.5) is 16.2 Å².